The number of hydrazone groups is 1. The van der Waals surface area contributed by atoms with Crippen LogP contribution in [0.15, 0.2) is 59.7 Å². The van der Waals surface area contributed by atoms with Gasteiger partial charge in [-0.05, 0) is 17.2 Å². The van der Waals surface area contributed by atoms with Crippen LogP contribution >= 0.6 is 0 Å². The van der Waals surface area contributed by atoms with Crippen molar-refractivity contribution in [3.63, 3.8) is 0 Å². The predicted molar refractivity (Wildman–Crippen MR) is 94.6 cm³/mol. The minimum atomic E-state index is -4.36. The molecule has 2 aromatic carbocycles. The van der Waals surface area contributed by atoms with Crippen LogP contribution < -0.4 is 5.43 Å². The van der Waals surface area contributed by atoms with E-state index in [0.717, 1.165) is 31.3 Å². The number of halogens is 3. The largest absolute Gasteiger partial charge is 0.416 e. The lowest BCUT2D eigenvalue weighted by atomic mass is 9.84. The Bertz CT molecular complexity index is 801. The Labute approximate surface area is 150 Å². The van der Waals surface area contributed by atoms with Gasteiger partial charge in [-0.1, -0.05) is 48.5 Å². The second kappa shape index (κ2) is 6.76. The molecule has 0 aliphatic carbocycles. The van der Waals surface area contributed by atoms with Crippen molar-refractivity contribution in [1.82, 2.24) is 10.3 Å². The summed E-state index contributed by atoms with van der Waals surface area (Å²) in [5.74, 6) is -0.0315. The molecule has 2 unspecified atom stereocenters. The van der Waals surface area contributed by atoms with Gasteiger partial charge in [0.2, 0.25) is 0 Å². The van der Waals surface area contributed by atoms with E-state index >= 15 is 0 Å². The summed E-state index contributed by atoms with van der Waals surface area (Å²) in [5, 5.41) is 4.35. The molecule has 136 valence electrons. The number of rotatable bonds is 3. The van der Waals surface area contributed by atoms with Gasteiger partial charge in [-0.3, -0.25) is 4.90 Å². The Morgan fingerprint density at radius 3 is 2.54 bits per heavy atom. The minimum Gasteiger partial charge on any atom is -0.302 e. The second-order valence-electron chi connectivity index (χ2n) is 6.87. The maximum atomic E-state index is 13.4. The first-order valence-electron chi connectivity index (χ1n) is 8.77. The lowest BCUT2D eigenvalue weighted by Crippen LogP contribution is -2.41. The summed E-state index contributed by atoms with van der Waals surface area (Å²) in [6.45, 7) is 2.38. The highest BCUT2D eigenvalue weighted by molar-refractivity contribution is 5.90. The van der Waals surface area contributed by atoms with Crippen molar-refractivity contribution < 1.29 is 13.2 Å². The molecule has 4 rings (SSSR count). The number of likely N-dealkylation sites (tertiary alicyclic amines) is 1. The Morgan fingerprint density at radius 1 is 1.04 bits per heavy atom. The maximum Gasteiger partial charge on any atom is 0.416 e. The van der Waals surface area contributed by atoms with Crippen LogP contribution in [0, 0.1) is 5.92 Å². The minimum absolute atomic E-state index is 0.0315. The number of benzene rings is 2. The van der Waals surface area contributed by atoms with E-state index in [4.69, 9.17) is 0 Å². The average molecular weight is 359 g/mol. The molecule has 2 aromatic rings. The van der Waals surface area contributed by atoms with Crippen molar-refractivity contribution in [3.05, 3.63) is 71.3 Å². The summed E-state index contributed by atoms with van der Waals surface area (Å²) in [4.78, 5) is 2.30. The van der Waals surface area contributed by atoms with E-state index in [2.05, 4.69) is 27.6 Å². The summed E-state index contributed by atoms with van der Waals surface area (Å²) < 4.78 is 40.2. The molecular weight excluding hydrogens is 339 g/mol. The Balaban J connectivity index is 1.56. The quantitative estimate of drug-likeness (QED) is 0.888. The van der Waals surface area contributed by atoms with Gasteiger partial charge < -0.3 is 5.43 Å². The van der Waals surface area contributed by atoms with E-state index in [0.29, 0.717) is 6.54 Å². The van der Waals surface area contributed by atoms with Crippen LogP contribution in [-0.2, 0) is 12.7 Å². The highest BCUT2D eigenvalue weighted by Gasteiger charge is 2.41. The van der Waals surface area contributed by atoms with E-state index in [1.807, 2.05) is 18.2 Å². The predicted octanol–water partition coefficient (Wildman–Crippen LogP) is 4.23. The molecule has 0 bridgehead atoms. The van der Waals surface area contributed by atoms with Gasteiger partial charge in [-0.2, -0.15) is 18.3 Å². The van der Waals surface area contributed by atoms with Crippen LogP contribution in [-0.4, -0.2) is 23.7 Å². The normalized spacial score (nSPS) is 23.3. The van der Waals surface area contributed by atoms with Crippen LogP contribution in [0.3, 0.4) is 0 Å². The fourth-order valence-corrected chi connectivity index (χ4v) is 3.91. The number of piperidine rings is 1. The van der Waals surface area contributed by atoms with Crippen molar-refractivity contribution >= 4 is 5.71 Å². The van der Waals surface area contributed by atoms with Gasteiger partial charge >= 0.3 is 6.18 Å². The Kier molecular flexibility index (Phi) is 4.44. The molecule has 2 atom stereocenters. The van der Waals surface area contributed by atoms with Gasteiger partial charge in [-0.25, -0.2) is 0 Å². The third-order valence-corrected chi connectivity index (χ3v) is 5.17. The zero-order valence-corrected chi connectivity index (χ0v) is 14.2. The topological polar surface area (TPSA) is 27.6 Å². The molecule has 0 aromatic heterocycles. The van der Waals surface area contributed by atoms with E-state index in [1.54, 1.807) is 12.1 Å². The zero-order chi connectivity index (χ0) is 18.1. The molecule has 0 amide bonds. The zero-order valence-electron chi connectivity index (χ0n) is 14.2. The molecule has 26 heavy (non-hydrogen) atoms. The first-order valence-corrected chi connectivity index (χ1v) is 8.77. The molecule has 0 spiro atoms. The van der Waals surface area contributed by atoms with Crippen LogP contribution in [0.1, 0.15) is 29.2 Å². The molecule has 0 saturated carbocycles. The highest BCUT2D eigenvalue weighted by atomic mass is 19.4. The van der Waals surface area contributed by atoms with Gasteiger partial charge in [0.15, 0.2) is 0 Å². The van der Waals surface area contributed by atoms with Gasteiger partial charge in [0.25, 0.3) is 0 Å². The number of nitrogens with zero attached hydrogens (tertiary/aromatic N) is 2. The van der Waals surface area contributed by atoms with E-state index in [-0.39, 0.29) is 11.5 Å². The van der Waals surface area contributed by atoms with Crippen molar-refractivity contribution in [2.45, 2.75) is 25.2 Å². The molecule has 2 aliphatic rings. The number of nitrogens with one attached hydrogen (secondary N) is 1. The smallest absolute Gasteiger partial charge is 0.302 e. The SMILES string of the molecule is FC(F)(F)c1ccccc1C1NN=C2CCN(Cc3ccccc3)CC21. The van der Waals surface area contributed by atoms with Crippen molar-refractivity contribution in [2.24, 2.45) is 11.0 Å². The van der Waals surface area contributed by atoms with Gasteiger partial charge in [0.05, 0.1) is 11.6 Å². The van der Waals surface area contributed by atoms with Gasteiger partial charge in [0, 0.05) is 37.7 Å². The summed E-state index contributed by atoms with van der Waals surface area (Å²) in [7, 11) is 0. The van der Waals surface area contributed by atoms with Gasteiger partial charge in [-0.15, -0.1) is 0 Å². The average Bonchev–Trinajstić information content (AvgIpc) is 3.05. The first kappa shape index (κ1) is 17.1. The molecule has 3 nitrogen and oxygen atoms in total. The molecule has 1 N–H and O–H groups in total. The fourth-order valence-electron chi connectivity index (χ4n) is 3.91. The third kappa shape index (κ3) is 3.33. The van der Waals surface area contributed by atoms with Crippen LogP contribution in [0.4, 0.5) is 13.2 Å². The third-order valence-electron chi connectivity index (χ3n) is 5.17. The standard InChI is InChI=1S/C20H20F3N3/c21-20(22,23)17-9-5-4-8-15(17)19-16-13-26(11-10-18(16)24-25-19)12-14-6-2-1-3-7-14/h1-9,16,19,25H,10-13H2. The van der Waals surface area contributed by atoms with Crippen LogP contribution in [0.2, 0.25) is 0 Å². The van der Waals surface area contributed by atoms with E-state index in [1.165, 1.54) is 11.6 Å². The molecule has 2 heterocycles. The maximum absolute atomic E-state index is 13.4. The fraction of sp³-hybridized carbons (Fsp3) is 0.350. The summed E-state index contributed by atoms with van der Waals surface area (Å²) in [6, 6.07) is 15.5. The number of alkyl halides is 3. The Hall–Kier alpha value is -2.34. The van der Waals surface area contributed by atoms with E-state index in [9.17, 15) is 13.2 Å². The van der Waals surface area contributed by atoms with Crippen molar-refractivity contribution in [2.75, 3.05) is 13.1 Å². The first-order chi connectivity index (χ1) is 12.5. The summed E-state index contributed by atoms with van der Waals surface area (Å²) >= 11 is 0. The lowest BCUT2D eigenvalue weighted by Gasteiger charge is -2.34. The Morgan fingerprint density at radius 2 is 1.77 bits per heavy atom. The number of fused-ring (bicyclic) bond motifs is 1. The number of hydrogen-bond acceptors (Lipinski definition) is 3. The molecule has 2 aliphatic heterocycles. The molecule has 1 saturated heterocycles. The van der Waals surface area contributed by atoms with Crippen LogP contribution in [0.5, 0.6) is 0 Å². The number of hydrogen-bond donors (Lipinski definition) is 1. The van der Waals surface area contributed by atoms with Crippen molar-refractivity contribution in [1.29, 1.82) is 0 Å². The van der Waals surface area contributed by atoms with E-state index < -0.39 is 17.8 Å². The molecule has 1 fully saturated rings. The van der Waals surface area contributed by atoms with Crippen LogP contribution in [0.25, 0.3) is 0 Å². The molecule has 0 radical (unpaired) electrons. The van der Waals surface area contributed by atoms with Crippen molar-refractivity contribution in [3.8, 4) is 0 Å². The molecule has 6 heteroatoms. The molecular formula is C20H20F3N3. The summed E-state index contributed by atoms with van der Waals surface area (Å²) in [5.41, 5.74) is 4.88. The lowest BCUT2D eigenvalue weighted by molar-refractivity contribution is -0.138. The monoisotopic (exact) mass is 359 g/mol. The summed E-state index contributed by atoms with van der Waals surface area (Å²) in [6.07, 6.45) is -3.57. The highest BCUT2D eigenvalue weighted by Crippen LogP contribution is 2.40. The second-order valence-corrected chi connectivity index (χ2v) is 6.87. The van der Waals surface area contributed by atoms with Gasteiger partial charge in [0.1, 0.15) is 0 Å².